The second kappa shape index (κ2) is 4.85. The van der Waals surface area contributed by atoms with Gasteiger partial charge in [-0.05, 0) is 5.56 Å². The molecule has 0 saturated heterocycles. The lowest BCUT2D eigenvalue weighted by molar-refractivity contribution is 0.0273. The smallest absolute Gasteiger partial charge is 0.216 e. The number of benzene rings is 1. The first kappa shape index (κ1) is 10.7. The molecule has 0 bridgehead atoms. The van der Waals surface area contributed by atoms with E-state index in [-0.39, 0.29) is 6.10 Å². The summed E-state index contributed by atoms with van der Waals surface area (Å²) in [5.74, 6) is 1.10. The molecule has 2 heterocycles. The Kier molecular flexibility index (Phi) is 2.89. The Balaban J connectivity index is 1.73. The van der Waals surface area contributed by atoms with Gasteiger partial charge in [0.05, 0.1) is 12.4 Å². The first-order valence-electron chi connectivity index (χ1n) is 5.53. The normalized spacial score (nSPS) is 18.0. The molecule has 1 atom stereocenters. The van der Waals surface area contributed by atoms with Crippen LogP contribution in [0, 0.1) is 0 Å². The van der Waals surface area contributed by atoms with Gasteiger partial charge in [0.15, 0.2) is 5.75 Å². The number of hydrogen-bond donors (Lipinski definition) is 1. The zero-order valence-corrected chi connectivity index (χ0v) is 9.48. The van der Waals surface area contributed by atoms with Gasteiger partial charge < -0.3 is 4.74 Å². The lowest BCUT2D eigenvalue weighted by Gasteiger charge is -2.06. The lowest BCUT2D eigenvalue weighted by atomic mass is 10.1. The number of aromatic nitrogens is 2. The van der Waals surface area contributed by atoms with Gasteiger partial charge in [0.25, 0.3) is 0 Å². The summed E-state index contributed by atoms with van der Waals surface area (Å²) in [6, 6.07) is 9.90. The fraction of sp³-hybridized carbons (Fsp3) is 0.0769. The van der Waals surface area contributed by atoms with Gasteiger partial charge in [-0.2, -0.15) is 0 Å². The SMILES string of the molecule is C1=C(Oc2cncnc2)NO[C@H]1c1ccccc1. The second-order valence-electron chi connectivity index (χ2n) is 3.76. The average Bonchev–Trinajstić information content (AvgIpc) is 2.89. The van der Waals surface area contributed by atoms with Crippen molar-refractivity contribution in [2.75, 3.05) is 0 Å². The highest BCUT2D eigenvalue weighted by Crippen LogP contribution is 2.24. The Morgan fingerprint density at radius 1 is 1.11 bits per heavy atom. The number of nitrogens with zero attached hydrogens (tertiary/aromatic N) is 2. The van der Waals surface area contributed by atoms with Gasteiger partial charge in [0.2, 0.25) is 5.88 Å². The highest BCUT2D eigenvalue weighted by atomic mass is 16.7. The van der Waals surface area contributed by atoms with E-state index in [0.29, 0.717) is 11.6 Å². The van der Waals surface area contributed by atoms with Crippen LogP contribution in [-0.2, 0) is 4.84 Å². The minimum atomic E-state index is -0.147. The van der Waals surface area contributed by atoms with E-state index in [1.807, 2.05) is 36.4 Å². The van der Waals surface area contributed by atoms with Gasteiger partial charge in [0, 0.05) is 6.08 Å². The number of ether oxygens (including phenoxy) is 1. The van der Waals surface area contributed by atoms with Crippen molar-refractivity contribution in [1.29, 1.82) is 0 Å². The van der Waals surface area contributed by atoms with Crippen LogP contribution in [-0.4, -0.2) is 9.97 Å². The summed E-state index contributed by atoms with van der Waals surface area (Å²) in [5, 5.41) is 0. The molecule has 5 nitrogen and oxygen atoms in total. The topological polar surface area (TPSA) is 56.3 Å². The van der Waals surface area contributed by atoms with Gasteiger partial charge in [-0.3, -0.25) is 4.84 Å². The average molecular weight is 241 g/mol. The molecule has 5 heteroatoms. The molecule has 18 heavy (non-hydrogen) atoms. The van der Waals surface area contributed by atoms with Crippen molar-refractivity contribution >= 4 is 0 Å². The summed E-state index contributed by atoms with van der Waals surface area (Å²) < 4.78 is 5.53. The maximum Gasteiger partial charge on any atom is 0.216 e. The molecule has 0 saturated carbocycles. The highest BCUT2D eigenvalue weighted by Gasteiger charge is 2.19. The van der Waals surface area contributed by atoms with E-state index in [4.69, 9.17) is 9.57 Å². The summed E-state index contributed by atoms with van der Waals surface area (Å²) in [5.41, 5.74) is 3.80. The zero-order chi connectivity index (χ0) is 12.2. The summed E-state index contributed by atoms with van der Waals surface area (Å²) in [7, 11) is 0. The molecule has 3 rings (SSSR count). The van der Waals surface area contributed by atoms with Crippen molar-refractivity contribution in [1.82, 2.24) is 15.4 Å². The predicted molar refractivity (Wildman–Crippen MR) is 64.1 cm³/mol. The molecule has 0 fully saturated rings. The van der Waals surface area contributed by atoms with E-state index in [0.717, 1.165) is 5.56 Å². The Morgan fingerprint density at radius 3 is 2.67 bits per heavy atom. The van der Waals surface area contributed by atoms with Gasteiger partial charge in [-0.15, -0.1) is 0 Å². The number of nitrogens with one attached hydrogen (secondary N) is 1. The van der Waals surface area contributed by atoms with E-state index in [1.165, 1.54) is 6.33 Å². The molecule has 0 spiro atoms. The zero-order valence-electron chi connectivity index (χ0n) is 9.48. The molecule has 1 N–H and O–H groups in total. The Labute approximate surface area is 104 Å². The standard InChI is InChI=1S/C13H11N3O2/c1-2-4-10(5-3-1)12-6-13(16-18-12)17-11-7-14-9-15-8-11/h1-9,12,16H/t12-/m1/s1. The largest absolute Gasteiger partial charge is 0.436 e. The van der Waals surface area contributed by atoms with Crippen LogP contribution in [0.3, 0.4) is 0 Å². The predicted octanol–water partition coefficient (Wildman–Crippen LogP) is 1.97. The van der Waals surface area contributed by atoms with E-state index >= 15 is 0 Å². The van der Waals surface area contributed by atoms with Gasteiger partial charge in [-0.25, -0.2) is 15.4 Å². The minimum Gasteiger partial charge on any atom is -0.436 e. The van der Waals surface area contributed by atoms with Crippen LogP contribution >= 0.6 is 0 Å². The van der Waals surface area contributed by atoms with Crippen molar-refractivity contribution in [2.24, 2.45) is 0 Å². The molecule has 1 aromatic heterocycles. The lowest BCUT2D eigenvalue weighted by Crippen LogP contribution is -2.12. The molecule has 2 aromatic rings. The van der Waals surface area contributed by atoms with Crippen molar-refractivity contribution in [2.45, 2.75) is 6.10 Å². The van der Waals surface area contributed by atoms with Gasteiger partial charge >= 0.3 is 0 Å². The van der Waals surface area contributed by atoms with Gasteiger partial charge in [0.1, 0.15) is 12.4 Å². The van der Waals surface area contributed by atoms with E-state index in [9.17, 15) is 0 Å². The van der Waals surface area contributed by atoms with Gasteiger partial charge in [-0.1, -0.05) is 30.3 Å². The molecule has 0 radical (unpaired) electrons. The first-order chi connectivity index (χ1) is 8.92. The molecule has 0 aliphatic carbocycles. The third-order valence-electron chi connectivity index (χ3n) is 2.48. The first-order valence-corrected chi connectivity index (χ1v) is 5.53. The molecular weight excluding hydrogens is 230 g/mol. The third kappa shape index (κ3) is 2.31. The Hall–Kier alpha value is -2.40. The number of hydroxylamine groups is 1. The van der Waals surface area contributed by atoms with E-state index in [1.54, 1.807) is 12.4 Å². The molecular formula is C13H11N3O2. The molecule has 1 aliphatic rings. The summed E-state index contributed by atoms with van der Waals surface area (Å²) in [6.07, 6.45) is 6.34. The second-order valence-corrected chi connectivity index (χ2v) is 3.76. The van der Waals surface area contributed by atoms with Crippen LogP contribution in [0.1, 0.15) is 11.7 Å². The van der Waals surface area contributed by atoms with Crippen LogP contribution in [0.2, 0.25) is 0 Å². The van der Waals surface area contributed by atoms with Crippen molar-refractivity contribution in [3.63, 3.8) is 0 Å². The molecule has 1 aliphatic heterocycles. The Bertz CT molecular complexity index is 543. The third-order valence-corrected chi connectivity index (χ3v) is 2.48. The monoisotopic (exact) mass is 241 g/mol. The summed E-state index contributed by atoms with van der Waals surface area (Å²) in [4.78, 5) is 13.2. The van der Waals surface area contributed by atoms with Crippen LogP contribution in [0.25, 0.3) is 0 Å². The fourth-order valence-corrected chi connectivity index (χ4v) is 1.65. The maximum absolute atomic E-state index is 5.53. The van der Waals surface area contributed by atoms with E-state index < -0.39 is 0 Å². The maximum atomic E-state index is 5.53. The van der Waals surface area contributed by atoms with Crippen LogP contribution < -0.4 is 10.2 Å². The summed E-state index contributed by atoms with van der Waals surface area (Å²) >= 11 is 0. The van der Waals surface area contributed by atoms with Crippen molar-refractivity contribution in [3.8, 4) is 5.75 Å². The van der Waals surface area contributed by atoms with Crippen LogP contribution in [0.5, 0.6) is 5.75 Å². The molecule has 1 aromatic carbocycles. The number of rotatable bonds is 3. The fourth-order valence-electron chi connectivity index (χ4n) is 1.65. The van der Waals surface area contributed by atoms with E-state index in [2.05, 4.69) is 15.4 Å². The van der Waals surface area contributed by atoms with Crippen molar-refractivity contribution < 1.29 is 9.57 Å². The molecule has 0 unspecified atom stereocenters. The molecule has 90 valence electrons. The van der Waals surface area contributed by atoms with Crippen LogP contribution in [0.4, 0.5) is 0 Å². The molecule has 0 amide bonds. The minimum absolute atomic E-state index is 0.147. The highest BCUT2D eigenvalue weighted by molar-refractivity contribution is 5.24. The Morgan fingerprint density at radius 2 is 1.89 bits per heavy atom. The quantitative estimate of drug-likeness (QED) is 0.890. The summed E-state index contributed by atoms with van der Waals surface area (Å²) in [6.45, 7) is 0. The van der Waals surface area contributed by atoms with Crippen molar-refractivity contribution in [3.05, 3.63) is 66.6 Å². The number of hydrogen-bond acceptors (Lipinski definition) is 5. The van der Waals surface area contributed by atoms with Crippen LogP contribution in [0.15, 0.2) is 61.0 Å².